The second kappa shape index (κ2) is 4.77. The van der Waals surface area contributed by atoms with Gasteiger partial charge in [-0.2, -0.15) is 0 Å². The molecule has 0 aliphatic carbocycles. The lowest BCUT2D eigenvalue weighted by Gasteiger charge is -2.27. The van der Waals surface area contributed by atoms with Crippen molar-refractivity contribution in [3.05, 3.63) is 28.8 Å². The fraction of sp³-hybridized carbons (Fsp3) is 0.462. The number of anilines is 1. The molecule has 2 aromatic rings. The molecule has 0 N–H and O–H groups in total. The van der Waals surface area contributed by atoms with Crippen LogP contribution in [0, 0.1) is 0 Å². The minimum absolute atomic E-state index is 0.275. The Morgan fingerprint density at radius 1 is 1.42 bits per heavy atom. The van der Waals surface area contributed by atoms with E-state index in [0.717, 1.165) is 47.4 Å². The maximum absolute atomic E-state index is 11.1. The van der Waals surface area contributed by atoms with E-state index < -0.39 is 0 Å². The van der Waals surface area contributed by atoms with Gasteiger partial charge in [0.1, 0.15) is 5.82 Å². The van der Waals surface area contributed by atoms with Crippen molar-refractivity contribution < 1.29 is 4.79 Å². The SMILES string of the molecule is CC(C)c1nc(N2CCn3ccnc3C2)sc1C=O. The van der Waals surface area contributed by atoms with Gasteiger partial charge < -0.3 is 9.47 Å². The van der Waals surface area contributed by atoms with Crippen molar-refractivity contribution in [2.75, 3.05) is 11.4 Å². The Bertz CT molecular complexity index is 602. The fourth-order valence-corrected chi connectivity index (χ4v) is 3.36. The van der Waals surface area contributed by atoms with E-state index >= 15 is 0 Å². The summed E-state index contributed by atoms with van der Waals surface area (Å²) in [4.78, 5) is 23.1. The third-order valence-electron chi connectivity index (χ3n) is 3.34. The van der Waals surface area contributed by atoms with E-state index in [0.29, 0.717) is 0 Å². The first kappa shape index (κ1) is 12.3. The second-order valence-electron chi connectivity index (χ2n) is 4.98. The molecule has 0 unspecified atom stereocenters. The van der Waals surface area contributed by atoms with Crippen LogP contribution in [0.4, 0.5) is 5.13 Å². The van der Waals surface area contributed by atoms with Crippen LogP contribution < -0.4 is 4.90 Å². The van der Waals surface area contributed by atoms with Gasteiger partial charge in [0.2, 0.25) is 0 Å². The van der Waals surface area contributed by atoms with E-state index in [-0.39, 0.29) is 5.92 Å². The molecule has 0 saturated carbocycles. The Labute approximate surface area is 115 Å². The van der Waals surface area contributed by atoms with E-state index in [9.17, 15) is 4.79 Å². The number of rotatable bonds is 3. The average Bonchev–Trinajstić information content (AvgIpc) is 3.04. The van der Waals surface area contributed by atoms with Crippen LogP contribution in [-0.4, -0.2) is 27.4 Å². The fourth-order valence-electron chi connectivity index (χ4n) is 2.30. The van der Waals surface area contributed by atoms with Crippen LogP contribution in [0.25, 0.3) is 0 Å². The van der Waals surface area contributed by atoms with Crippen LogP contribution in [0.2, 0.25) is 0 Å². The first-order valence-electron chi connectivity index (χ1n) is 6.40. The molecule has 1 aliphatic heterocycles. The molecule has 0 amide bonds. The van der Waals surface area contributed by atoms with Crippen LogP contribution in [0.15, 0.2) is 12.4 Å². The van der Waals surface area contributed by atoms with Crippen LogP contribution in [0.5, 0.6) is 0 Å². The maximum atomic E-state index is 11.1. The molecular weight excluding hydrogens is 260 g/mol. The summed E-state index contributed by atoms with van der Waals surface area (Å²) >= 11 is 1.48. The van der Waals surface area contributed by atoms with Crippen molar-refractivity contribution in [3.63, 3.8) is 0 Å². The molecule has 0 fully saturated rings. The van der Waals surface area contributed by atoms with Crippen LogP contribution >= 0.6 is 11.3 Å². The van der Waals surface area contributed by atoms with Gasteiger partial charge in [-0.1, -0.05) is 25.2 Å². The predicted molar refractivity (Wildman–Crippen MR) is 74.9 cm³/mol. The van der Waals surface area contributed by atoms with Gasteiger partial charge in [0, 0.05) is 25.5 Å². The molecule has 0 bridgehead atoms. The van der Waals surface area contributed by atoms with Gasteiger partial charge in [-0.05, 0) is 5.92 Å². The topological polar surface area (TPSA) is 51.0 Å². The van der Waals surface area contributed by atoms with E-state index in [1.165, 1.54) is 11.3 Å². The highest BCUT2D eigenvalue weighted by molar-refractivity contribution is 7.17. The quantitative estimate of drug-likeness (QED) is 0.807. The molecule has 0 saturated heterocycles. The molecule has 3 rings (SSSR count). The lowest BCUT2D eigenvalue weighted by Crippen LogP contribution is -2.33. The van der Waals surface area contributed by atoms with E-state index in [1.54, 1.807) is 0 Å². The van der Waals surface area contributed by atoms with Gasteiger partial charge in [0.15, 0.2) is 11.4 Å². The van der Waals surface area contributed by atoms with Gasteiger partial charge in [-0.25, -0.2) is 9.97 Å². The van der Waals surface area contributed by atoms with Crippen LogP contribution in [0.1, 0.15) is 41.0 Å². The van der Waals surface area contributed by atoms with E-state index in [2.05, 4.69) is 33.3 Å². The lowest BCUT2D eigenvalue weighted by molar-refractivity contribution is 0.112. The van der Waals surface area contributed by atoms with Crippen molar-refractivity contribution in [1.29, 1.82) is 0 Å². The lowest BCUT2D eigenvalue weighted by atomic mass is 10.1. The number of imidazole rings is 1. The summed E-state index contributed by atoms with van der Waals surface area (Å²) in [6, 6.07) is 0. The molecule has 0 atom stereocenters. The summed E-state index contributed by atoms with van der Waals surface area (Å²) in [7, 11) is 0. The molecule has 19 heavy (non-hydrogen) atoms. The van der Waals surface area contributed by atoms with Crippen LogP contribution in [-0.2, 0) is 13.1 Å². The minimum Gasteiger partial charge on any atom is -0.339 e. The first-order chi connectivity index (χ1) is 9.19. The number of carbonyl (C=O) groups excluding carboxylic acids is 1. The number of aromatic nitrogens is 3. The number of fused-ring (bicyclic) bond motifs is 1. The number of hydrogen-bond acceptors (Lipinski definition) is 5. The van der Waals surface area contributed by atoms with Gasteiger partial charge in [0.25, 0.3) is 0 Å². The highest BCUT2D eigenvalue weighted by atomic mass is 32.1. The summed E-state index contributed by atoms with van der Waals surface area (Å²) in [5.74, 6) is 1.33. The predicted octanol–water partition coefficient (Wildman–Crippen LogP) is 2.30. The number of carbonyl (C=O) groups is 1. The van der Waals surface area contributed by atoms with Crippen molar-refractivity contribution in [2.45, 2.75) is 32.9 Å². The van der Waals surface area contributed by atoms with Gasteiger partial charge in [-0.3, -0.25) is 4.79 Å². The normalized spacial score (nSPS) is 14.8. The third kappa shape index (κ3) is 2.16. The highest BCUT2D eigenvalue weighted by Crippen LogP contribution is 2.31. The van der Waals surface area contributed by atoms with E-state index in [4.69, 9.17) is 0 Å². The Kier molecular flexibility index (Phi) is 3.10. The molecule has 0 spiro atoms. The maximum Gasteiger partial charge on any atom is 0.186 e. The third-order valence-corrected chi connectivity index (χ3v) is 4.40. The van der Waals surface area contributed by atoms with Gasteiger partial charge >= 0.3 is 0 Å². The Morgan fingerprint density at radius 3 is 2.95 bits per heavy atom. The molecule has 1 aliphatic rings. The summed E-state index contributed by atoms with van der Waals surface area (Å²) in [5.41, 5.74) is 0.906. The summed E-state index contributed by atoms with van der Waals surface area (Å²) < 4.78 is 2.16. The smallest absolute Gasteiger partial charge is 0.186 e. The largest absolute Gasteiger partial charge is 0.339 e. The Balaban J connectivity index is 1.89. The first-order valence-corrected chi connectivity index (χ1v) is 7.21. The molecule has 0 aromatic carbocycles. The highest BCUT2D eigenvalue weighted by Gasteiger charge is 2.22. The molecular formula is C13H16N4OS. The molecule has 3 heterocycles. The molecule has 6 heteroatoms. The molecule has 5 nitrogen and oxygen atoms in total. The zero-order valence-corrected chi connectivity index (χ0v) is 11.9. The number of nitrogens with zero attached hydrogens (tertiary/aromatic N) is 4. The minimum atomic E-state index is 0.275. The zero-order chi connectivity index (χ0) is 13.4. The van der Waals surface area contributed by atoms with Gasteiger partial charge in [-0.15, -0.1) is 0 Å². The number of hydrogen-bond donors (Lipinski definition) is 0. The number of thiazole rings is 1. The zero-order valence-electron chi connectivity index (χ0n) is 11.0. The Morgan fingerprint density at radius 2 is 2.26 bits per heavy atom. The van der Waals surface area contributed by atoms with Crippen molar-refractivity contribution in [1.82, 2.24) is 14.5 Å². The van der Waals surface area contributed by atoms with Crippen molar-refractivity contribution in [2.24, 2.45) is 0 Å². The number of aldehydes is 1. The summed E-state index contributed by atoms with van der Waals surface area (Å²) in [6.07, 6.45) is 4.75. The molecule has 0 radical (unpaired) electrons. The van der Waals surface area contributed by atoms with E-state index in [1.807, 2.05) is 12.4 Å². The monoisotopic (exact) mass is 276 g/mol. The van der Waals surface area contributed by atoms with Gasteiger partial charge in [0.05, 0.1) is 17.1 Å². The average molecular weight is 276 g/mol. The summed E-state index contributed by atoms with van der Waals surface area (Å²) in [5, 5.41) is 0.931. The Hall–Kier alpha value is -1.69. The summed E-state index contributed by atoms with van der Waals surface area (Å²) in [6.45, 7) is 6.72. The second-order valence-corrected chi connectivity index (χ2v) is 5.99. The molecule has 100 valence electrons. The standard InChI is InChI=1S/C13H16N4OS/c1-9(2)12-10(8-18)19-13(15-12)17-6-5-16-4-3-14-11(16)7-17/h3-4,8-9H,5-7H2,1-2H3. The van der Waals surface area contributed by atoms with Crippen LogP contribution in [0.3, 0.4) is 0 Å². The van der Waals surface area contributed by atoms with Crippen molar-refractivity contribution in [3.8, 4) is 0 Å². The molecule has 2 aromatic heterocycles. The van der Waals surface area contributed by atoms with Crippen molar-refractivity contribution >= 4 is 22.8 Å².